The van der Waals surface area contributed by atoms with E-state index in [1.54, 1.807) is 29.5 Å². The Hall–Kier alpha value is -3.33. The lowest BCUT2D eigenvalue weighted by Gasteiger charge is -2.05. The van der Waals surface area contributed by atoms with E-state index in [4.69, 9.17) is 4.52 Å². The molecule has 27 heavy (non-hydrogen) atoms. The smallest absolute Gasteiger partial charge is 0.258 e. The van der Waals surface area contributed by atoms with Crippen molar-refractivity contribution in [3.8, 4) is 10.7 Å². The van der Waals surface area contributed by atoms with E-state index in [9.17, 15) is 9.59 Å². The lowest BCUT2D eigenvalue weighted by atomic mass is 10.2. The Labute approximate surface area is 157 Å². The van der Waals surface area contributed by atoms with Crippen molar-refractivity contribution in [2.24, 2.45) is 0 Å². The number of nitrogens with one attached hydrogen (secondary N) is 2. The quantitative estimate of drug-likeness (QED) is 0.531. The molecule has 0 spiro atoms. The fourth-order valence-corrected chi connectivity index (χ4v) is 3.28. The molecule has 3 heterocycles. The summed E-state index contributed by atoms with van der Waals surface area (Å²) in [5, 5.41) is 9.12. The van der Waals surface area contributed by atoms with Crippen LogP contribution in [0.1, 0.15) is 18.7 Å². The largest absolute Gasteiger partial charge is 0.339 e. The van der Waals surface area contributed by atoms with E-state index in [-0.39, 0.29) is 11.5 Å². The fourth-order valence-electron chi connectivity index (χ4n) is 2.63. The van der Waals surface area contributed by atoms with Crippen LogP contribution >= 0.6 is 11.3 Å². The zero-order chi connectivity index (χ0) is 18.6. The second kappa shape index (κ2) is 7.50. The van der Waals surface area contributed by atoms with Gasteiger partial charge in [0.05, 0.1) is 22.1 Å². The summed E-state index contributed by atoms with van der Waals surface area (Å²) in [5.74, 6) is 0.932. The summed E-state index contributed by atoms with van der Waals surface area (Å²) < 4.78 is 5.22. The van der Waals surface area contributed by atoms with Gasteiger partial charge in [-0.15, -0.1) is 11.3 Å². The predicted molar refractivity (Wildman–Crippen MR) is 102 cm³/mol. The van der Waals surface area contributed by atoms with Crippen LogP contribution in [0.4, 0.5) is 5.69 Å². The van der Waals surface area contributed by atoms with Gasteiger partial charge in [0.25, 0.3) is 5.56 Å². The number of nitrogens with zero attached hydrogens (tertiary/aromatic N) is 3. The van der Waals surface area contributed by atoms with Crippen LogP contribution < -0.4 is 10.9 Å². The first kappa shape index (κ1) is 17.1. The van der Waals surface area contributed by atoms with Crippen molar-refractivity contribution in [2.45, 2.75) is 19.3 Å². The van der Waals surface area contributed by atoms with Crippen molar-refractivity contribution in [1.82, 2.24) is 20.1 Å². The first-order valence-electron chi connectivity index (χ1n) is 8.33. The molecule has 0 aliphatic carbocycles. The third-order valence-electron chi connectivity index (χ3n) is 3.93. The van der Waals surface area contributed by atoms with Crippen LogP contribution in [0.15, 0.2) is 51.4 Å². The Morgan fingerprint density at radius 3 is 3.07 bits per heavy atom. The molecule has 0 bridgehead atoms. The number of benzene rings is 1. The normalized spacial score (nSPS) is 11.0. The number of amides is 1. The summed E-state index contributed by atoms with van der Waals surface area (Å²) in [6.07, 6.45) is 2.75. The van der Waals surface area contributed by atoms with Crippen LogP contribution in [0.5, 0.6) is 0 Å². The number of carbonyl (C=O) groups is 1. The minimum Gasteiger partial charge on any atom is -0.339 e. The molecule has 8 nitrogen and oxygen atoms in total. The number of aryl methyl sites for hydroxylation is 1. The molecule has 2 N–H and O–H groups in total. The standard InChI is InChI=1S/C18H15N5O3S/c24-15(21-11-6-7-13-12(9-11)18(25)20-10-19-13)4-1-5-16-22-17(23-26-16)14-3-2-8-27-14/h2-3,6-10H,1,4-5H2,(H,21,24)(H,19,20,25). The summed E-state index contributed by atoms with van der Waals surface area (Å²) in [7, 11) is 0. The molecular formula is C18H15N5O3S. The Balaban J connectivity index is 1.32. The number of rotatable bonds is 6. The van der Waals surface area contributed by atoms with Crippen molar-refractivity contribution in [3.05, 3.63) is 58.3 Å². The number of carbonyl (C=O) groups excluding carboxylic acids is 1. The summed E-state index contributed by atoms with van der Waals surface area (Å²) in [6, 6.07) is 8.89. The summed E-state index contributed by atoms with van der Waals surface area (Å²) in [4.78, 5) is 35.8. The summed E-state index contributed by atoms with van der Waals surface area (Å²) >= 11 is 1.54. The molecule has 4 aromatic rings. The SMILES string of the molecule is O=C(CCCc1nc(-c2cccs2)no1)Nc1ccc2nc[nH]c(=O)c2c1. The van der Waals surface area contributed by atoms with Gasteiger partial charge in [-0.25, -0.2) is 4.98 Å². The maximum Gasteiger partial charge on any atom is 0.258 e. The molecule has 0 saturated carbocycles. The monoisotopic (exact) mass is 381 g/mol. The minimum absolute atomic E-state index is 0.146. The number of anilines is 1. The van der Waals surface area contributed by atoms with Gasteiger partial charge in [0.1, 0.15) is 0 Å². The Bertz CT molecular complexity index is 1130. The maximum atomic E-state index is 12.1. The highest BCUT2D eigenvalue weighted by atomic mass is 32.1. The number of hydrogen-bond acceptors (Lipinski definition) is 7. The van der Waals surface area contributed by atoms with Crippen LogP contribution in [0.3, 0.4) is 0 Å². The molecule has 9 heteroatoms. The van der Waals surface area contributed by atoms with Gasteiger partial charge < -0.3 is 14.8 Å². The van der Waals surface area contributed by atoms with E-state index < -0.39 is 0 Å². The van der Waals surface area contributed by atoms with E-state index in [1.165, 1.54) is 6.33 Å². The zero-order valence-corrected chi connectivity index (χ0v) is 15.0. The molecule has 0 saturated heterocycles. The summed E-state index contributed by atoms with van der Waals surface area (Å²) in [6.45, 7) is 0. The van der Waals surface area contributed by atoms with Crippen LogP contribution in [-0.4, -0.2) is 26.0 Å². The van der Waals surface area contributed by atoms with E-state index >= 15 is 0 Å². The number of hydrogen-bond donors (Lipinski definition) is 2. The number of H-pyrrole nitrogens is 1. The van der Waals surface area contributed by atoms with Gasteiger partial charge >= 0.3 is 0 Å². The highest BCUT2D eigenvalue weighted by molar-refractivity contribution is 7.13. The lowest BCUT2D eigenvalue weighted by Crippen LogP contribution is -2.12. The van der Waals surface area contributed by atoms with E-state index in [0.717, 1.165) is 4.88 Å². The molecule has 136 valence electrons. The molecule has 3 aromatic heterocycles. The van der Waals surface area contributed by atoms with Gasteiger partial charge in [-0.2, -0.15) is 4.98 Å². The number of fused-ring (bicyclic) bond motifs is 1. The molecule has 1 aromatic carbocycles. The molecule has 0 fully saturated rings. The third-order valence-corrected chi connectivity index (χ3v) is 4.79. The second-order valence-corrected chi connectivity index (χ2v) is 6.80. The number of aromatic amines is 1. The molecule has 0 aliphatic rings. The molecule has 0 unspecified atom stereocenters. The van der Waals surface area contributed by atoms with Gasteiger partial charge in [0.2, 0.25) is 17.6 Å². The highest BCUT2D eigenvalue weighted by Crippen LogP contribution is 2.21. The van der Waals surface area contributed by atoms with Crippen molar-refractivity contribution >= 4 is 33.8 Å². The van der Waals surface area contributed by atoms with Crippen LogP contribution in [0, 0.1) is 0 Å². The lowest BCUT2D eigenvalue weighted by molar-refractivity contribution is -0.116. The third kappa shape index (κ3) is 3.93. The highest BCUT2D eigenvalue weighted by Gasteiger charge is 2.10. The van der Waals surface area contributed by atoms with E-state index in [1.807, 2.05) is 17.5 Å². The van der Waals surface area contributed by atoms with Crippen LogP contribution in [0.2, 0.25) is 0 Å². The van der Waals surface area contributed by atoms with E-state index in [0.29, 0.717) is 47.6 Å². The number of thiophene rings is 1. The van der Waals surface area contributed by atoms with Gasteiger partial charge in [-0.3, -0.25) is 9.59 Å². The first-order chi connectivity index (χ1) is 13.2. The van der Waals surface area contributed by atoms with E-state index in [2.05, 4.69) is 25.4 Å². The van der Waals surface area contributed by atoms with Crippen LogP contribution in [-0.2, 0) is 11.2 Å². The van der Waals surface area contributed by atoms with Gasteiger partial charge in [0.15, 0.2) is 0 Å². The molecule has 0 aliphatic heterocycles. The fraction of sp³-hybridized carbons (Fsp3) is 0.167. The zero-order valence-electron chi connectivity index (χ0n) is 14.1. The molecule has 0 radical (unpaired) electrons. The predicted octanol–water partition coefficient (Wildman–Crippen LogP) is 3.00. The number of aromatic nitrogens is 4. The minimum atomic E-state index is -0.242. The van der Waals surface area contributed by atoms with Crippen molar-refractivity contribution < 1.29 is 9.32 Å². The van der Waals surface area contributed by atoms with Crippen molar-refractivity contribution in [1.29, 1.82) is 0 Å². The average Bonchev–Trinajstić information content (AvgIpc) is 3.34. The Morgan fingerprint density at radius 2 is 2.22 bits per heavy atom. The topological polar surface area (TPSA) is 114 Å². The Kier molecular flexibility index (Phi) is 4.75. The van der Waals surface area contributed by atoms with Gasteiger partial charge in [0, 0.05) is 18.5 Å². The van der Waals surface area contributed by atoms with Gasteiger partial charge in [-0.1, -0.05) is 11.2 Å². The van der Waals surface area contributed by atoms with Crippen molar-refractivity contribution in [2.75, 3.05) is 5.32 Å². The summed E-state index contributed by atoms with van der Waals surface area (Å²) in [5.41, 5.74) is 0.896. The first-order valence-corrected chi connectivity index (χ1v) is 9.21. The Morgan fingerprint density at radius 1 is 1.30 bits per heavy atom. The average molecular weight is 381 g/mol. The molecule has 0 atom stereocenters. The van der Waals surface area contributed by atoms with Gasteiger partial charge in [-0.05, 0) is 36.1 Å². The second-order valence-electron chi connectivity index (χ2n) is 5.85. The molecule has 4 rings (SSSR count). The van der Waals surface area contributed by atoms with Crippen molar-refractivity contribution in [3.63, 3.8) is 0 Å². The molecular weight excluding hydrogens is 366 g/mol. The maximum absolute atomic E-state index is 12.1. The van der Waals surface area contributed by atoms with Crippen LogP contribution in [0.25, 0.3) is 21.6 Å². The molecule has 1 amide bonds.